The molecule has 0 aromatic heterocycles. The number of benzene rings is 1. The van der Waals surface area contributed by atoms with Gasteiger partial charge in [0.25, 0.3) is 0 Å². The highest BCUT2D eigenvalue weighted by atomic mass is 16.3. The number of fused-ring (bicyclic) bond motifs is 2. The molecular weight excluding hydrogens is 210 g/mol. The van der Waals surface area contributed by atoms with Gasteiger partial charge in [-0.2, -0.15) is 0 Å². The van der Waals surface area contributed by atoms with Crippen LogP contribution in [0.3, 0.4) is 0 Å². The van der Waals surface area contributed by atoms with Gasteiger partial charge in [-0.05, 0) is 38.2 Å². The van der Waals surface area contributed by atoms with E-state index in [-0.39, 0.29) is 6.10 Å². The van der Waals surface area contributed by atoms with E-state index in [4.69, 9.17) is 0 Å². The molecule has 2 heterocycles. The second-order valence-electron chi connectivity index (χ2n) is 5.67. The molecule has 92 valence electrons. The van der Waals surface area contributed by atoms with Gasteiger partial charge in [0, 0.05) is 18.6 Å². The Morgan fingerprint density at radius 3 is 2.29 bits per heavy atom. The summed E-state index contributed by atoms with van der Waals surface area (Å²) < 4.78 is 0. The summed E-state index contributed by atoms with van der Waals surface area (Å²) >= 11 is 0. The smallest absolute Gasteiger partial charge is 0.0570 e. The van der Waals surface area contributed by atoms with Crippen LogP contribution in [-0.2, 0) is 6.54 Å². The maximum absolute atomic E-state index is 9.78. The van der Waals surface area contributed by atoms with Crippen molar-refractivity contribution in [2.24, 2.45) is 0 Å². The van der Waals surface area contributed by atoms with E-state index in [0.717, 1.165) is 19.4 Å². The van der Waals surface area contributed by atoms with Gasteiger partial charge in [0.15, 0.2) is 0 Å². The largest absolute Gasteiger partial charge is 0.393 e. The van der Waals surface area contributed by atoms with Crippen LogP contribution in [0.5, 0.6) is 0 Å². The fourth-order valence-corrected chi connectivity index (χ4v) is 3.41. The Morgan fingerprint density at radius 2 is 1.71 bits per heavy atom. The van der Waals surface area contributed by atoms with E-state index in [2.05, 4.69) is 36.1 Å². The zero-order chi connectivity index (χ0) is 11.8. The zero-order valence-electron chi connectivity index (χ0n) is 10.5. The summed E-state index contributed by atoms with van der Waals surface area (Å²) in [6.07, 6.45) is 4.44. The molecule has 0 spiro atoms. The first-order valence-electron chi connectivity index (χ1n) is 6.72. The number of nitrogens with zero attached hydrogens (tertiary/aromatic N) is 1. The van der Waals surface area contributed by atoms with Gasteiger partial charge in [-0.3, -0.25) is 4.90 Å². The highest BCUT2D eigenvalue weighted by Gasteiger charge is 2.39. The Morgan fingerprint density at radius 1 is 1.12 bits per heavy atom. The molecular formula is C15H21NO. The van der Waals surface area contributed by atoms with E-state index in [1.54, 1.807) is 0 Å². The Labute approximate surface area is 103 Å². The van der Waals surface area contributed by atoms with Crippen LogP contribution in [0.2, 0.25) is 0 Å². The number of rotatable bonds is 2. The summed E-state index contributed by atoms with van der Waals surface area (Å²) in [4.78, 5) is 2.61. The Hall–Kier alpha value is -0.860. The van der Waals surface area contributed by atoms with Gasteiger partial charge in [-0.15, -0.1) is 0 Å². The first kappa shape index (κ1) is 11.2. The molecule has 2 saturated heterocycles. The number of aryl methyl sites for hydroxylation is 1. The lowest BCUT2D eigenvalue weighted by molar-refractivity contribution is 0.0310. The van der Waals surface area contributed by atoms with E-state index >= 15 is 0 Å². The summed E-state index contributed by atoms with van der Waals surface area (Å²) in [7, 11) is 0. The maximum atomic E-state index is 9.78. The van der Waals surface area contributed by atoms with E-state index in [9.17, 15) is 5.11 Å². The van der Waals surface area contributed by atoms with Gasteiger partial charge in [0.2, 0.25) is 0 Å². The topological polar surface area (TPSA) is 23.5 Å². The standard InChI is InChI=1S/C15H21NO/c1-11-2-4-12(5-3-11)10-16-13-6-7-14(16)9-15(17)8-13/h2-5,13-15,17H,6-10H2,1H3. The second kappa shape index (κ2) is 4.43. The fourth-order valence-electron chi connectivity index (χ4n) is 3.41. The van der Waals surface area contributed by atoms with Gasteiger partial charge in [-0.25, -0.2) is 0 Å². The summed E-state index contributed by atoms with van der Waals surface area (Å²) in [6.45, 7) is 3.19. The van der Waals surface area contributed by atoms with Crippen molar-refractivity contribution in [3.8, 4) is 0 Å². The minimum Gasteiger partial charge on any atom is -0.393 e. The SMILES string of the molecule is Cc1ccc(CN2C3CCC2CC(O)C3)cc1. The lowest BCUT2D eigenvalue weighted by Gasteiger charge is -2.37. The van der Waals surface area contributed by atoms with Crippen LogP contribution in [0.25, 0.3) is 0 Å². The van der Waals surface area contributed by atoms with Crippen molar-refractivity contribution in [1.29, 1.82) is 0 Å². The monoisotopic (exact) mass is 231 g/mol. The van der Waals surface area contributed by atoms with E-state index in [0.29, 0.717) is 12.1 Å². The molecule has 3 rings (SSSR count). The summed E-state index contributed by atoms with van der Waals surface area (Å²) in [5.41, 5.74) is 2.73. The van der Waals surface area contributed by atoms with E-state index in [1.807, 2.05) is 0 Å². The molecule has 1 aromatic rings. The number of aliphatic hydroxyl groups is 1. The van der Waals surface area contributed by atoms with Crippen molar-refractivity contribution in [3.63, 3.8) is 0 Å². The number of aliphatic hydroxyl groups excluding tert-OH is 1. The molecule has 2 aliphatic rings. The molecule has 0 radical (unpaired) electrons. The van der Waals surface area contributed by atoms with Crippen molar-refractivity contribution in [2.75, 3.05) is 0 Å². The number of hydrogen-bond acceptors (Lipinski definition) is 2. The third-order valence-corrected chi connectivity index (χ3v) is 4.35. The molecule has 2 nitrogen and oxygen atoms in total. The fraction of sp³-hybridized carbons (Fsp3) is 0.600. The first-order chi connectivity index (χ1) is 8.22. The number of hydrogen-bond donors (Lipinski definition) is 1. The van der Waals surface area contributed by atoms with Gasteiger partial charge in [-0.1, -0.05) is 29.8 Å². The van der Waals surface area contributed by atoms with Crippen molar-refractivity contribution >= 4 is 0 Å². The Kier molecular flexibility index (Phi) is 2.93. The lowest BCUT2D eigenvalue weighted by atomic mass is 9.99. The van der Waals surface area contributed by atoms with Crippen LogP contribution < -0.4 is 0 Å². The minimum absolute atomic E-state index is 0.0539. The molecule has 2 unspecified atom stereocenters. The lowest BCUT2D eigenvalue weighted by Crippen LogP contribution is -2.44. The summed E-state index contributed by atoms with van der Waals surface area (Å²) in [6, 6.07) is 10.1. The summed E-state index contributed by atoms with van der Waals surface area (Å²) in [5.74, 6) is 0. The predicted octanol–water partition coefficient (Wildman–Crippen LogP) is 2.48. The summed E-state index contributed by atoms with van der Waals surface area (Å²) in [5, 5.41) is 9.78. The van der Waals surface area contributed by atoms with Gasteiger partial charge in [0.05, 0.1) is 6.10 Å². The highest BCUT2D eigenvalue weighted by molar-refractivity contribution is 5.21. The molecule has 1 aromatic carbocycles. The molecule has 17 heavy (non-hydrogen) atoms. The van der Waals surface area contributed by atoms with Crippen molar-refractivity contribution in [2.45, 2.75) is 57.3 Å². The minimum atomic E-state index is -0.0539. The molecule has 2 atom stereocenters. The van der Waals surface area contributed by atoms with E-state index in [1.165, 1.54) is 24.0 Å². The molecule has 0 saturated carbocycles. The van der Waals surface area contributed by atoms with Crippen molar-refractivity contribution in [3.05, 3.63) is 35.4 Å². The van der Waals surface area contributed by atoms with Crippen LogP contribution in [0.15, 0.2) is 24.3 Å². The molecule has 2 heteroatoms. The normalized spacial score (nSPS) is 32.9. The molecule has 2 aliphatic heterocycles. The first-order valence-corrected chi connectivity index (χ1v) is 6.72. The van der Waals surface area contributed by atoms with Crippen LogP contribution >= 0.6 is 0 Å². The zero-order valence-corrected chi connectivity index (χ0v) is 10.5. The average Bonchev–Trinajstić information content (AvgIpc) is 2.56. The second-order valence-corrected chi connectivity index (χ2v) is 5.67. The van der Waals surface area contributed by atoms with Crippen LogP contribution in [0, 0.1) is 6.92 Å². The third kappa shape index (κ3) is 2.24. The molecule has 1 N–H and O–H groups in total. The molecule has 2 bridgehead atoms. The van der Waals surface area contributed by atoms with Crippen LogP contribution in [0.4, 0.5) is 0 Å². The molecule has 0 amide bonds. The van der Waals surface area contributed by atoms with Crippen molar-refractivity contribution < 1.29 is 5.11 Å². The molecule has 2 fully saturated rings. The predicted molar refractivity (Wildman–Crippen MR) is 68.8 cm³/mol. The van der Waals surface area contributed by atoms with E-state index < -0.39 is 0 Å². The maximum Gasteiger partial charge on any atom is 0.0570 e. The van der Waals surface area contributed by atoms with Crippen molar-refractivity contribution in [1.82, 2.24) is 4.90 Å². The Bertz CT molecular complexity index is 372. The van der Waals surface area contributed by atoms with Crippen LogP contribution in [0.1, 0.15) is 36.8 Å². The van der Waals surface area contributed by atoms with Gasteiger partial charge in [0.1, 0.15) is 0 Å². The Balaban J connectivity index is 1.72. The highest BCUT2D eigenvalue weighted by Crippen LogP contribution is 2.36. The van der Waals surface area contributed by atoms with Gasteiger partial charge >= 0.3 is 0 Å². The van der Waals surface area contributed by atoms with Crippen LogP contribution in [-0.4, -0.2) is 28.2 Å². The average molecular weight is 231 g/mol. The molecule has 0 aliphatic carbocycles. The third-order valence-electron chi connectivity index (χ3n) is 4.35. The van der Waals surface area contributed by atoms with Gasteiger partial charge < -0.3 is 5.11 Å². The quantitative estimate of drug-likeness (QED) is 0.845. The number of piperidine rings is 1.